The van der Waals surface area contributed by atoms with Gasteiger partial charge in [-0.05, 0) is 31.7 Å². The molecule has 0 aliphatic heterocycles. The summed E-state index contributed by atoms with van der Waals surface area (Å²) in [4.78, 5) is 15.7. The normalized spacial score (nSPS) is 14.4. The number of carbonyl (C=O) groups excluding carboxylic acids is 1. The van der Waals surface area contributed by atoms with Crippen LogP contribution in [0.2, 0.25) is 0 Å². The lowest BCUT2D eigenvalue weighted by molar-refractivity contribution is 0.0774. The SMILES string of the molecule is C#CCN(CC1CC1)C(=O)c1cc(N)c(C)s1. The van der Waals surface area contributed by atoms with Gasteiger partial charge in [0.1, 0.15) is 0 Å². The van der Waals surface area contributed by atoms with Crippen molar-refractivity contribution < 1.29 is 4.79 Å². The summed E-state index contributed by atoms with van der Waals surface area (Å²) in [5.41, 5.74) is 6.45. The second kappa shape index (κ2) is 4.80. The minimum atomic E-state index is 0.0136. The highest BCUT2D eigenvalue weighted by Crippen LogP contribution is 2.31. The Bertz CT molecular complexity index is 449. The highest BCUT2D eigenvalue weighted by atomic mass is 32.1. The van der Waals surface area contributed by atoms with Crippen LogP contribution in [0.25, 0.3) is 0 Å². The van der Waals surface area contributed by atoms with Crippen molar-refractivity contribution in [2.24, 2.45) is 5.92 Å². The van der Waals surface area contributed by atoms with Crippen LogP contribution in [-0.4, -0.2) is 23.9 Å². The zero-order valence-corrected chi connectivity index (χ0v) is 10.7. The molecule has 1 amide bonds. The van der Waals surface area contributed by atoms with Crippen LogP contribution >= 0.6 is 11.3 Å². The fourth-order valence-corrected chi connectivity index (χ4v) is 2.61. The number of hydrogen-bond donors (Lipinski definition) is 1. The molecule has 1 fully saturated rings. The molecule has 0 atom stereocenters. The van der Waals surface area contributed by atoms with E-state index in [1.165, 1.54) is 24.2 Å². The Balaban J connectivity index is 2.11. The number of nitrogen functional groups attached to an aromatic ring is 1. The minimum absolute atomic E-state index is 0.0136. The zero-order chi connectivity index (χ0) is 12.4. The maximum atomic E-state index is 12.2. The van der Waals surface area contributed by atoms with Crippen molar-refractivity contribution in [2.45, 2.75) is 19.8 Å². The lowest BCUT2D eigenvalue weighted by atomic mass is 10.3. The Morgan fingerprint density at radius 3 is 2.88 bits per heavy atom. The van der Waals surface area contributed by atoms with Crippen molar-refractivity contribution in [2.75, 3.05) is 18.8 Å². The Labute approximate surface area is 106 Å². The molecule has 0 radical (unpaired) electrons. The van der Waals surface area contributed by atoms with Crippen molar-refractivity contribution in [3.8, 4) is 12.3 Å². The summed E-state index contributed by atoms with van der Waals surface area (Å²) in [5, 5.41) is 0. The number of aryl methyl sites for hydroxylation is 1. The van der Waals surface area contributed by atoms with Gasteiger partial charge in [0, 0.05) is 17.1 Å². The number of rotatable bonds is 4. The van der Waals surface area contributed by atoms with Crippen LogP contribution in [0, 0.1) is 25.2 Å². The van der Waals surface area contributed by atoms with E-state index in [0.717, 1.165) is 11.4 Å². The van der Waals surface area contributed by atoms with Gasteiger partial charge in [-0.15, -0.1) is 17.8 Å². The van der Waals surface area contributed by atoms with E-state index in [2.05, 4.69) is 5.92 Å². The average molecular weight is 248 g/mol. The van der Waals surface area contributed by atoms with Gasteiger partial charge in [-0.2, -0.15) is 0 Å². The summed E-state index contributed by atoms with van der Waals surface area (Å²) >= 11 is 1.44. The van der Waals surface area contributed by atoms with Crippen LogP contribution < -0.4 is 5.73 Å². The van der Waals surface area contributed by atoms with Gasteiger partial charge in [0.2, 0.25) is 0 Å². The first kappa shape index (κ1) is 12.0. The smallest absolute Gasteiger partial charge is 0.264 e. The molecule has 4 heteroatoms. The first-order valence-electron chi connectivity index (χ1n) is 5.70. The topological polar surface area (TPSA) is 46.3 Å². The monoisotopic (exact) mass is 248 g/mol. The van der Waals surface area contributed by atoms with E-state index < -0.39 is 0 Å². The van der Waals surface area contributed by atoms with Gasteiger partial charge in [0.25, 0.3) is 5.91 Å². The zero-order valence-electron chi connectivity index (χ0n) is 9.90. The highest BCUT2D eigenvalue weighted by Gasteiger charge is 2.27. The Kier molecular flexibility index (Phi) is 3.39. The molecule has 1 aromatic rings. The van der Waals surface area contributed by atoms with E-state index in [1.54, 1.807) is 11.0 Å². The van der Waals surface area contributed by atoms with Crippen molar-refractivity contribution in [1.82, 2.24) is 4.90 Å². The van der Waals surface area contributed by atoms with E-state index >= 15 is 0 Å². The first-order chi connectivity index (χ1) is 8.11. The van der Waals surface area contributed by atoms with Gasteiger partial charge in [0.05, 0.1) is 11.4 Å². The molecule has 0 unspecified atom stereocenters. The van der Waals surface area contributed by atoms with Gasteiger partial charge in [-0.3, -0.25) is 4.79 Å². The predicted molar refractivity (Wildman–Crippen MR) is 70.9 cm³/mol. The average Bonchev–Trinajstić information content (AvgIpc) is 3.04. The number of thiophene rings is 1. The number of terminal acetylenes is 1. The van der Waals surface area contributed by atoms with Crippen molar-refractivity contribution in [3.63, 3.8) is 0 Å². The van der Waals surface area contributed by atoms with E-state index in [9.17, 15) is 4.79 Å². The molecule has 0 saturated heterocycles. The summed E-state index contributed by atoms with van der Waals surface area (Å²) in [6, 6.07) is 1.75. The summed E-state index contributed by atoms with van der Waals surface area (Å²) in [6.45, 7) is 3.08. The molecule has 1 aromatic heterocycles. The van der Waals surface area contributed by atoms with Gasteiger partial charge >= 0.3 is 0 Å². The summed E-state index contributed by atoms with van der Waals surface area (Å²) in [7, 11) is 0. The second-order valence-corrected chi connectivity index (χ2v) is 5.71. The van der Waals surface area contributed by atoms with Gasteiger partial charge in [-0.25, -0.2) is 0 Å². The van der Waals surface area contributed by atoms with Gasteiger partial charge in [-0.1, -0.05) is 5.92 Å². The van der Waals surface area contributed by atoms with Crippen molar-refractivity contribution >= 4 is 22.9 Å². The third-order valence-corrected chi connectivity index (χ3v) is 3.97. The molecule has 2 N–H and O–H groups in total. The molecule has 1 saturated carbocycles. The molecule has 0 bridgehead atoms. The molecule has 1 aliphatic carbocycles. The second-order valence-electron chi connectivity index (χ2n) is 4.46. The maximum Gasteiger partial charge on any atom is 0.264 e. The lowest BCUT2D eigenvalue weighted by Gasteiger charge is -2.18. The fourth-order valence-electron chi connectivity index (χ4n) is 1.70. The van der Waals surface area contributed by atoms with E-state index in [1.807, 2.05) is 6.92 Å². The number of anilines is 1. The standard InChI is InChI=1S/C13H16N2OS/c1-3-6-15(8-10-4-5-10)13(16)12-7-11(14)9(2)17-12/h1,7,10H,4-6,8,14H2,2H3. The molecule has 90 valence electrons. The fraction of sp³-hybridized carbons (Fsp3) is 0.462. The largest absolute Gasteiger partial charge is 0.398 e. The third kappa shape index (κ3) is 2.80. The van der Waals surface area contributed by atoms with E-state index in [0.29, 0.717) is 23.0 Å². The number of nitrogens with two attached hydrogens (primary N) is 1. The Morgan fingerprint density at radius 2 is 2.41 bits per heavy atom. The van der Waals surface area contributed by atoms with E-state index in [4.69, 9.17) is 12.2 Å². The molecule has 17 heavy (non-hydrogen) atoms. The van der Waals surface area contributed by atoms with Crippen LogP contribution in [0.15, 0.2) is 6.07 Å². The summed E-state index contributed by atoms with van der Waals surface area (Å²) < 4.78 is 0. The molecular formula is C13H16N2OS. The van der Waals surface area contributed by atoms with Crippen LogP contribution in [0.5, 0.6) is 0 Å². The Hall–Kier alpha value is -1.47. The van der Waals surface area contributed by atoms with Crippen LogP contribution in [0.1, 0.15) is 27.4 Å². The number of amides is 1. The van der Waals surface area contributed by atoms with Crippen LogP contribution in [-0.2, 0) is 0 Å². The first-order valence-corrected chi connectivity index (χ1v) is 6.52. The molecule has 0 spiro atoms. The van der Waals surface area contributed by atoms with Gasteiger partial charge < -0.3 is 10.6 Å². The third-order valence-electron chi connectivity index (χ3n) is 2.91. The maximum absolute atomic E-state index is 12.2. The van der Waals surface area contributed by atoms with Crippen molar-refractivity contribution in [1.29, 1.82) is 0 Å². The Morgan fingerprint density at radius 1 is 1.71 bits per heavy atom. The van der Waals surface area contributed by atoms with Crippen molar-refractivity contribution in [3.05, 3.63) is 15.8 Å². The number of nitrogens with zero attached hydrogens (tertiary/aromatic N) is 1. The minimum Gasteiger partial charge on any atom is -0.398 e. The number of hydrogen-bond acceptors (Lipinski definition) is 3. The van der Waals surface area contributed by atoms with E-state index in [-0.39, 0.29) is 5.91 Å². The van der Waals surface area contributed by atoms with Gasteiger partial charge in [0.15, 0.2) is 0 Å². The molecule has 1 heterocycles. The lowest BCUT2D eigenvalue weighted by Crippen LogP contribution is -2.32. The number of carbonyl (C=O) groups is 1. The summed E-state index contributed by atoms with van der Waals surface area (Å²) in [5.74, 6) is 3.21. The quantitative estimate of drug-likeness (QED) is 0.830. The molecule has 3 nitrogen and oxygen atoms in total. The van der Waals surface area contributed by atoms with Crippen LogP contribution in [0.4, 0.5) is 5.69 Å². The highest BCUT2D eigenvalue weighted by molar-refractivity contribution is 7.14. The molecule has 2 rings (SSSR count). The summed E-state index contributed by atoms with van der Waals surface area (Å²) in [6.07, 6.45) is 7.73. The predicted octanol–water partition coefficient (Wildman–Crippen LogP) is 2.12. The molecule has 1 aliphatic rings. The molecule has 0 aromatic carbocycles. The van der Waals surface area contributed by atoms with Crippen LogP contribution in [0.3, 0.4) is 0 Å². The molecular weight excluding hydrogens is 232 g/mol.